The van der Waals surface area contributed by atoms with Crippen molar-refractivity contribution >= 4 is 50.9 Å². The van der Waals surface area contributed by atoms with E-state index in [0.29, 0.717) is 20.9 Å². The van der Waals surface area contributed by atoms with Gasteiger partial charge in [0.1, 0.15) is 23.7 Å². The molecular weight excluding hydrogens is 587 g/mol. The molecular formula is C27H23Cl2F2N3O5S. The number of methoxy groups -OCH3 is 1. The zero-order chi connectivity index (χ0) is 28.7. The Hall–Kier alpha value is -3.25. The molecule has 5 rings (SSSR count). The molecule has 8 nitrogen and oxygen atoms in total. The molecule has 2 aromatic heterocycles. The maximum absolute atomic E-state index is 13.8. The first-order valence-corrected chi connectivity index (χ1v) is 13.7. The normalized spacial score (nSPS) is 16.2. The van der Waals surface area contributed by atoms with Crippen LogP contribution in [0.2, 0.25) is 5.02 Å². The monoisotopic (exact) mass is 609 g/mol. The Balaban J connectivity index is 1.39. The van der Waals surface area contributed by atoms with Crippen molar-refractivity contribution in [2.24, 2.45) is 0 Å². The van der Waals surface area contributed by atoms with E-state index >= 15 is 0 Å². The fourth-order valence-electron chi connectivity index (χ4n) is 4.43. The number of thiophene rings is 1. The fourth-order valence-corrected chi connectivity index (χ4v) is 5.69. The van der Waals surface area contributed by atoms with Crippen LogP contribution in [0.15, 0.2) is 59.7 Å². The number of ether oxygens (including phenoxy) is 3. The zero-order valence-corrected chi connectivity index (χ0v) is 23.6. The number of aromatic nitrogens is 2. The maximum Gasteiger partial charge on any atom is 0.324 e. The van der Waals surface area contributed by atoms with Gasteiger partial charge < -0.3 is 14.2 Å². The molecule has 40 heavy (non-hydrogen) atoms. The number of fused-ring (bicyclic) bond motifs is 1. The zero-order valence-electron chi connectivity index (χ0n) is 21.3. The molecule has 0 bridgehead atoms. The highest BCUT2D eigenvalue weighted by Crippen LogP contribution is 2.48. The number of nitrogens with zero attached hydrogens (tertiary/aromatic N) is 2. The summed E-state index contributed by atoms with van der Waals surface area (Å²) in [6.07, 6.45) is 0.0669. The first kappa shape index (κ1) is 28.3. The molecule has 0 aliphatic heterocycles. The summed E-state index contributed by atoms with van der Waals surface area (Å²) in [4.78, 5) is 33.1. The Bertz CT molecular complexity index is 1620. The molecule has 1 saturated carbocycles. The summed E-state index contributed by atoms with van der Waals surface area (Å²) in [7, 11) is 1.41. The molecule has 1 N–H and O–H groups in total. The second-order valence-electron chi connectivity index (χ2n) is 9.52. The molecule has 210 valence electrons. The van der Waals surface area contributed by atoms with Gasteiger partial charge in [-0.1, -0.05) is 23.7 Å². The standard InChI is InChI=1S/C27H23Cl2F2N3O5S/c1-15(33-29)25(36)39-26(11-27(30,31)12-26)13-38-20-8-7-18(9-21(20)37-2)34-14-32-19-10-22(40-23(19)24(34)35)16-3-5-17(28)6-4-16/h3-10,14-15,33H,11-13H2,1-2H3/t15-/m0/s1. The van der Waals surface area contributed by atoms with Crippen LogP contribution in [0.4, 0.5) is 8.78 Å². The quantitative estimate of drug-likeness (QED) is 0.184. The molecule has 4 aromatic rings. The lowest BCUT2D eigenvalue weighted by Crippen LogP contribution is -2.59. The van der Waals surface area contributed by atoms with Crippen LogP contribution in [0.3, 0.4) is 0 Å². The van der Waals surface area contributed by atoms with Gasteiger partial charge in [0.15, 0.2) is 17.1 Å². The van der Waals surface area contributed by atoms with Crippen molar-refractivity contribution in [1.29, 1.82) is 0 Å². The van der Waals surface area contributed by atoms with Gasteiger partial charge in [-0.15, -0.1) is 11.3 Å². The van der Waals surface area contributed by atoms with E-state index in [1.54, 1.807) is 30.3 Å². The molecule has 2 heterocycles. The SMILES string of the molecule is COc1cc(-n2cnc3cc(-c4ccc(Cl)cc4)sc3c2=O)ccc1OCC1(OC(=O)[C@H](C)NCl)CC(F)(F)C1. The first-order chi connectivity index (χ1) is 19.0. The van der Waals surface area contributed by atoms with Gasteiger partial charge >= 0.3 is 5.97 Å². The van der Waals surface area contributed by atoms with Crippen molar-refractivity contribution in [2.45, 2.75) is 37.3 Å². The molecule has 1 aliphatic carbocycles. The molecule has 0 saturated heterocycles. The highest BCUT2D eigenvalue weighted by molar-refractivity contribution is 7.22. The van der Waals surface area contributed by atoms with Crippen LogP contribution >= 0.6 is 34.7 Å². The van der Waals surface area contributed by atoms with E-state index in [0.717, 1.165) is 10.4 Å². The number of halogens is 4. The molecule has 0 radical (unpaired) electrons. The topological polar surface area (TPSA) is 91.7 Å². The smallest absolute Gasteiger partial charge is 0.324 e. The van der Waals surface area contributed by atoms with E-state index in [1.807, 2.05) is 18.2 Å². The summed E-state index contributed by atoms with van der Waals surface area (Å²) < 4.78 is 46.0. The molecule has 0 spiro atoms. The minimum absolute atomic E-state index is 0.226. The van der Waals surface area contributed by atoms with Gasteiger partial charge in [-0.05, 0) is 54.6 Å². The van der Waals surface area contributed by atoms with Crippen LogP contribution in [-0.4, -0.2) is 46.8 Å². The van der Waals surface area contributed by atoms with Crippen molar-refractivity contribution in [2.75, 3.05) is 13.7 Å². The van der Waals surface area contributed by atoms with Crippen LogP contribution in [-0.2, 0) is 9.53 Å². The van der Waals surface area contributed by atoms with Crippen LogP contribution < -0.4 is 19.9 Å². The summed E-state index contributed by atoms with van der Waals surface area (Å²) >= 11 is 12.8. The Labute approximate surface area is 241 Å². The minimum atomic E-state index is -2.97. The number of carbonyl (C=O) groups is 1. The lowest BCUT2D eigenvalue weighted by Gasteiger charge is -2.46. The Morgan fingerprint density at radius 1 is 1.18 bits per heavy atom. The number of nitrogens with one attached hydrogen (secondary N) is 1. The van der Waals surface area contributed by atoms with Gasteiger partial charge in [0, 0.05) is 16.0 Å². The van der Waals surface area contributed by atoms with Crippen LogP contribution in [0.1, 0.15) is 19.8 Å². The summed E-state index contributed by atoms with van der Waals surface area (Å²) in [6.45, 7) is 1.13. The molecule has 0 unspecified atom stereocenters. The van der Waals surface area contributed by atoms with Crippen LogP contribution in [0.5, 0.6) is 11.5 Å². The van der Waals surface area contributed by atoms with E-state index in [1.165, 1.54) is 36.3 Å². The highest BCUT2D eigenvalue weighted by Gasteiger charge is 2.60. The first-order valence-electron chi connectivity index (χ1n) is 12.1. The average molecular weight is 610 g/mol. The number of alkyl halides is 2. The number of carbonyl (C=O) groups excluding carboxylic acids is 1. The molecule has 1 fully saturated rings. The molecule has 2 aromatic carbocycles. The summed E-state index contributed by atoms with van der Waals surface area (Å²) in [5.41, 5.74) is 0.166. The van der Waals surface area contributed by atoms with Gasteiger partial charge in [0.2, 0.25) is 0 Å². The average Bonchev–Trinajstić information content (AvgIpc) is 3.36. The third kappa shape index (κ3) is 5.64. The van der Waals surface area contributed by atoms with E-state index in [4.69, 9.17) is 37.6 Å². The Morgan fingerprint density at radius 2 is 1.90 bits per heavy atom. The Kier molecular flexibility index (Phi) is 7.75. The number of benzene rings is 2. The second kappa shape index (κ2) is 11.0. The number of rotatable bonds is 9. The second-order valence-corrected chi connectivity index (χ2v) is 11.2. The van der Waals surface area contributed by atoms with Crippen molar-refractivity contribution in [3.63, 3.8) is 0 Å². The number of hydrogen-bond acceptors (Lipinski definition) is 8. The number of esters is 1. The molecule has 0 amide bonds. The third-order valence-corrected chi connectivity index (χ3v) is 8.22. The van der Waals surface area contributed by atoms with Crippen molar-refractivity contribution < 1.29 is 27.8 Å². The van der Waals surface area contributed by atoms with Crippen molar-refractivity contribution in [3.05, 3.63) is 70.2 Å². The van der Waals surface area contributed by atoms with E-state index in [-0.39, 0.29) is 23.7 Å². The predicted molar refractivity (Wildman–Crippen MR) is 149 cm³/mol. The highest BCUT2D eigenvalue weighted by atomic mass is 35.5. The molecule has 1 aliphatic rings. The van der Waals surface area contributed by atoms with E-state index < -0.39 is 36.4 Å². The molecule has 13 heteroatoms. The maximum atomic E-state index is 13.8. The fraction of sp³-hybridized carbons (Fsp3) is 0.296. The van der Waals surface area contributed by atoms with Gasteiger partial charge in [0.05, 0.1) is 31.2 Å². The summed E-state index contributed by atoms with van der Waals surface area (Å²) in [5.74, 6) is -3.27. The largest absolute Gasteiger partial charge is 0.493 e. The van der Waals surface area contributed by atoms with Crippen LogP contribution in [0, 0.1) is 0 Å². The van der Waals surface area contributed by atoms with Crippen molar-refractivity contribution in [1.82, 2.24) is 14.4 Å². The lowest BCUT2D eigenvalue weighted by atomic mass is 9.77. The van der Waals surface area contributed by atoms with Crippen molar-refractivity contribution in [3.8, 4) is 27.6 Å². The third-order valence-electron chi connectivity index (χ3n) is 6.48. The summed E-state index contributed by atoms with van der Waals surface area (Å²) in [6, 6.07) is 13.0. The summed E-state index contributed by atoms with van der Waals surface area (Å²) in [5, 5.41) is 0.617. The van der Waals surface area contributed by atoms with E-state index in [9.17, 15) is 18.4 Å². The van der Waals surface area contributed by atoms with Gasteiger partial charge in [0.25, 0.3) is 11.5 Å². The lowest BCUT2D eigenvalue weighted by molar-refractivity contribution is -0.235. The van der Waals surface area contributed by atoms with E-state index in [2.05, 4.69) is 9.82 Å². The number of hydrogen-bond donors (Lipinski definition) is 1. The van der Waals surface area contributed by atoms with Gasteiger partial charge in [-0.25, -0.2) is 18.6 Å². The van der Waals surface area contributed by atoms with Gasteiger partial charge in [-0.2, -0.15) is 0 Å². The molecule has 1 atom stereocenters. The van der Waals surface area contributed by atoms with Crippen LogP contribution in [0.25, 0.3) is 26.3 Å². The van der Waals surface area contributed by atoms with Gasteiger partial charge in [-0.3, -0.25) is 14.2 Å². The predicted octanol–water partition coefficient (Wildman–Crippen LogP) is 6.00. The Morgan fingerprint density at radius 3 is 2.55 bits per heavy atom. The minimum Gasteiger partial charge on any atom is -0.493 e.